The maximum atomic E-state index is 12.2. The Hall–Kier alpha value is -2.04. The average Bonchev–Trinajstić information content (AvgIpc) is 2.40. The lowest BCUT2D eigenvalue weighted by molar-refractivity contribution is 0.965. The minimum atomic E-state index is -0.495. The number of para-hydroxylation sites is 1. The Balaban J connectivity index is 2.50. The third kappa shape index (κ3) is 2.03. The number of anilines is 1. The van der Waals surface area contributed by atoms with E-state index in [4.69, 9.17) is 28.9 Å². The van der Waals surface area contributed by atoms with Crippen LogP contribution in [0, 0.1) is 0 Å². The van der Waals surface area contributed by atoms with Gasteiger partial charge < -0.3 is 5.73 Å². The predicted molar refractivity (Wildman–Crippen MR) is 81.8 cm³/mol. The minimum Gasteiger partial charge on any atom is -0.383 e. The van der Waals surface area contributed by atoms with E-state index < -0.39 is 5.69 Å². The van der Waals surface area contributed by atoms with Crippen LogP contribution in [0.3, 0.4) is 0 Å². The molecular formula is C14H9Cl2N3O. The molecule has 0 radical (unpaired) electrons. The molecule has 0 aliphatic rings. The molecule has 0 aliphatic heterocycles. The molecule has 0 aliphatic carbocycles. The van der Waals surface area contributed by atoms with E-state index in [1.165, 1.54) is 4.57 Å². The maximum absolute atomic E-state index is 12.2. The zero-order chi connectivity index (χ0) is 14.3. The Bertz CT molecular complexity index is 874. The molecule has 0 atom stereocenters. The van der Waals surface area contributed by atoms with Gasteiger partial charge in [-0.15, -0.1) is 0 Å². The molecule has 3 aromatic rings. The van der Waals surface area contributed by atoms with E-state index >= 15 is 0 Å². The molecule has 1 aromatic heterocycles. The number of nitrogens with two attached hydrogens (primary N) is 1. The van der Waals surface area contributed by atoms with Crippen molar-refractivity contribution in [2.75, 3.05) is 5.73 Å². The smallest absolute Gasteiger partial charge is 0.354 e. The van der Waals surface area contributed by atoms with E-state index in [-0.39, 0.29) is 5.82 Å². The van der Waals surface area contributed by atoms with Crippen molar-refractivity contribution in [2.45, 2.75) is 0 Å². The average molecular weight is 306 g/mol. The van der Waals surface area contributed by atoms with Crippen molar-refractivity contribution in [3.8, 4) is 5.69 Å². The highest BCUT2D eigenvalue weighted by Gasteiger charge is 2.12. The second kappa shape index (κ2) is 4.81. The van der Waals surface area contributed by atoms with E-state index in [0.29, 0.717) is 26.6 Å². The van der Waals surface area contributed by atoms with Gasteiger partial charge in [-0.3, -0.25) is 4.57 Å². The lowest BCUT2D eigenvalue weighted by atomic mass is 10.2. The molecule has 0 saturated carbocycles. The Labute approximate surface area is 124 Å². The second-order valence-corrected chi connectivity index (χ2v) is 5.07. The van der Waals surface area contributed by atoms with Crippen molar-refractivity contribution >= 4 is 39.9 Å². The zero-order valence-corrected chi connectivity index (χ0v) is 11.7. The van der Waals surface area contributed by atoms with Crippen molar-refractivity contribution in [2.24, 2.45) is 0 Å². The fraction of sp³-hybridized carbons (Fsp3) is 0. The van der Waals surface area contributed by atoms with Crippen molar-refractivity contribution in [1.82, 2.24) is 9.55 Å². The molecule has 0 amide bonds. The van der Waals surface area contributed by atoms with Crippen LogP contribution in [0.15, 0.2) is 47.3 Å². The van der Waals surface area contributed by atoms with Gasteiger partial charge in [-0.1, -0.05) is 35.3 Å². The molecule has 0 saturated heterocycles. The molecule has 2 N–H and O–H groups in total. The standard InChI is InChI=1S/C14H9Cl2N3O/c15-8-5-6-9-12(7-8)19(14(20)18-13(9)17)11-4-2-1-3-10(11)16/h1-7H,(H2,17,18,20). The first kappa shape index (κ1) is 13.0. The molecule has 1 heterocycles. The molecule has 0 spiro atoms. The summed E-state index contributed by atoms with van der Waals surface area (Å²) in [6.07, 6.45) is 0. The molecule has 0 fully saturated rings. The first-order chi connectivity index (χ1) is 9.58. The summed E-state index contributed by atoms with van der Waals surface area (Å²) >= 11 is 12.2. The van der Waals surface area contributed by atoms with Crippen molar-refractivity contribution in [3.63, 3.8) is 0 Å². The van der Waals surface area contributed by atoms with Crippen LogP contribution in [0.5, 0.6) is 0 Å². The number of nitrogens with zero attached hydrogens (tertiary/aromatic N) is 2. The van der Waals surface area contributed by atoms with E-state index in [0.717, 1.165) is 0 Å². The lowest BCUT2D eigenvalue weighted by Crippen LogP contribution is -2.23. The second-order valence-electron chi connectivity index (χ2n) is 4.23. The highest BCUT2D eigenvalue weighted by molar-refractivity contribution is 6.32. The zero-order valence-electron chi connectivity index (χ0n) is 10.2. The van der Waals surface area contributed by atoms with Crippen molar-refractivity contribution in [1.29, 1.82) is 0 Å². The third-order valence-corrected chi connectivity index (χ3v) is 3.53. The fourth-order valence-corrected chi connectivity index (χ4v) is 2.48. The van der Waals surface area contributed by atoms with Gasteiger partial charge in [0, 0.05) is 10.4 Å². The molecule has 20 heavy (non-hydrogen) atoms. The topological polar surface area (TPSA) is 60.9 Å². The van der Waals surface area contributed by atoms with Crippen LogP contribution in [0.25, 0.3) is 16.6 Å². The maximum Gasteiger partial charge on any atom is 0.354 e. The van der Waals surface area contributed by atoms with Crippen LogP contribution in [-0.4, -0.2) is 9.55 Å². The van der Waals surface area contributed by atoms with E-state index in [1.54, 1.807) is 42.5 Å². The minimum absolute atomic E-state index is 0.171. The normalized spacial score (nSPS) is 10.9. The third-order valence-electron chi connectivity index (χ3n) is 2.98. The fourth-order valence-electron chi connectivity index (χ4n) is 2.09. The van der Waals surface area contributed by atoms with E-state index in [2.05, 4.69) is 4.98 Å². The number of benzene rings is 2. The highest BCUT2D eigenvalue weighted by atomic mass is 35.5. The Morgan fingerprint density at radius 2 is 1.85 bits per heavy atom. The van der Waals surface area contributed by atoms with Crippen LogP contribution in [0.2, 0.25) is 10.0 Å². The summed E-state index contributed by atoms with van der Waals surface area (Å²) in [6.45, 7) is 0. The van der Waals surface area contributed by atoms with Gasteiger partial charge in [0.05, 0.1) is 16.2 Å². The Morgan fingerprint density at radius 1 is 1.10 bits per heavy atom. The predicted octanol–water partition coefficient (Wildman–Crippen LogP) is 3.27. The van der Waals surface area contributed by atoms with Gasteiger partial charge in [-0.2, -0.15) is 4.98 Å². The van der Waals surface area contributed by atoms with Crippen LogP contribution in [-0.2, 0) is 0 Å². The van der Waals surface area contributed by atoms with E-state index in [9.17, 15) is 4.79 Å². The monoisotopic (exact) mass is 305 g/mol. The number of fused-ring (bicyclic) bond motifs is 1. The van der Waals surface area contributed by atoms with Gasteiger partial charge in [-0.25, -0.2) is 4.79 Å². The molecular weight excluding hydrogens is 297 g/mol. The SMILES string of the molecule is Nc1nc(=O)n(-c2ccccc2Cl)c2cc(Cl)ccc12. The Morgan fingerprint density at radius 3 is 2.60 bits per heavy atom. The van der Waals surface area contributed by atoms with Crippen molar-refractivity contribution < 1.29 is 0 Å². The molecule has 100 valence electrons. The molecule has 3 rings (SSSR count). The summed E-state index contributed by atoms with van der Waals surface area (Å²) in [5, 5.41) is 1.60. The van der Waals surface area contributed by atoms with Crippen LogP contribution in [0.1, 0.15) is 0 Å². The van der Waals surface area contributed by atoms with Gasteiger partial charge in [-0.05, 0) is 30.3 Å². The van der Waals surface area contributed by atoms with Crippen LogP contribution < -0.4 is 11.4 Å². The lowest BCUT2D eigenvalue weighted by Gasteiger charge is -2.12. The van der Waals surface area contributed by atoms with Gasteiger partial charge in [0.2, 0.25) is 0 Å². The van der Waals surface area contributed by atoms with Crippen LogP contribution >= 0.6 is 23.2 Å². The largest absolute Gasteiger partial charge is 0.383 e. The Kier molecular flexibility index (Phi) is 3.12. The number of hydrogen-bond acceptors (Lipinski definition) is 3. The number of rotatable bonds is 1. The molecule has 4 nitrogen and oxygen atoms in total. The summed E-state index contributed by atoms with van der Waals surface area (Å²) in [4.78, 5) is 16.0. The van der Waals surface area contributed by atoms with Gasteiger partial charge in [0.25, 0.3) is 0 Å². The summed E-state index contributed by atoms with van der Waals surface area (Å²) in [7, 11) is 0. The van der Waals surface area contributed by atoms with Gasteiger partial charge >= 0.3 is 5.69 Å². The van der Waals surface area contributed by atoms with Crippen molar-refractivity contribution in [3.05, 3.63) is 63.0 Å². The number of halogens is 2. The van der Waals surface area contributed by atoms with E-state index in [1.807, 2.05) is 0 Å². The van der Waals surface area contributed by atoms with Crippen LogP contribution in [0.4, 0.5) is 5.82 Å². The highest BCUT2D eigenvalue weighted by Crippen LogP contribution is 2.26. The number of hydrogen-bond donors (Lipinski definition) is 1. The van der Waals surface area contributed by atoms with Gasteiger partial charge in [0.15, 0.2) is 0 Å². The summed E-state index contributed by atoms with van der Waals surface area (Å²) in [6, 6.07) is 12.1. The van der Waals surface area contributed by atoms with Gasteiger partial charge in [0.1, 0.15) is 5.82 Å². The molecule has 2 aromatic carbocycles. The summed E-state index contributed by atoms with van der Waals surface area (Å²) in [5.74, 6) is 0.171. The number of nitrogen functional groups attached to an aromatic ring is 1. The molecule has 0 unspecified atom stereocenters. The molecule has 0 bridgehead atoms. The summed E-state index contributed by atoms with van der Waals surface area (Å²) < 4.78 is 1.40. The first-order valence-corrected chi connectivity index (χ1v) is 6.56. The number of aromatic nitrogens is 2. The molecule has 6 heteroatoms. The first-order valence-electron chi connectivity index (χ1n) is 5.80. The quantitative estimate of drug-likeness (QED) is 0.750. The summed E-state index contributed by atoms with van der Waals surface area (Å²) in [5.41, 5.74) is 6.41.